The van der Waals surface area contributed by atoms with Crippen LogP contribution < -0.4 is 0 Å². The highest BCUT2D eigenvalue weighted by Gasteiger charge is 2.22. The quantitative estimate of drug-likeness (QED) is 0.831. The predicted molar refractivity (Wildman–Crippen MR) is 86.7 cm³/mol. The van der Waals surface area contributed by atoms with Gasteiger partial charge in [0.1, 0.15) is 0 Å². The first-order valence-corrected chi connectivity index (χ1v) is 9.23. The Hall–Kier alpha value is -0.590. The number of piperazine rings is 1. The minimum Gasteiger partial charge on any atom is -0.340 e. The molecule has 1 saturated heterocycles. The van der Waals surface area contributed by atoms with Crippen LogP contribution in [0.2, 0.25) is 0 Å². The van der Waals surface area contributed by atoms with Gasteiger partial charge < -0.3 is 4.90 Å². The van der Waals surface area contributed by atoms with E-state index in [1.807, 2.05) is 30.5 Å². The van der Waals surface area contributed by atoms with Crippen LogP contribution in [0.5, 0.6) is 0 Å². The largest absolute Gasteiger partial charge is 0.340 e. The number of aryl methyl sites for hydroxylation is 2. The molecule has 1 amide bonds. The highest BCUT2D eigenvalue weighted by atomic mass is 32.2. The van der Waals surface area contributed by atoms with Gasteiger partial charge in [-0.3, -0.25) is 9.69 Å². The number of nitrogens with zero attached hydrogens (tertiary/aromatic N) is 3. The van der Waals surface area contributed by atoms with Gasteiger partial charge in [-0.05, 0) is 20.1 Å². The maximum Gasteiger partial charge on any atom is 0.227 e. The molecule has 0 bridgehead atoms. The van der Waals surface area contributed by atoms with Crippen molar-refractivity contribution >= 4 is 29.0 Å². The Balaban J connectivity index is 1.81. The van der Waals surface area contributed by atoms with Crippen molar-refractivity contribution in [3.8, 4) is 0 Å². The van der Waals surface area contributed by atoms with Gasteiger partial charge in [0, 0.05) is 43.4 Å². The smallest absolute Gasteiger partial charge is 0.227 e. The number of carbonyl (C=O) groups excluding carboxylic acids is 1. The van der Waals surface area contributed by atoms with Gasteiger partial charge in [0.15, 0.2) is 0 Å². The molecular formula is C14H23N3OS2. The minimum absolute atomic E-state index is 0.251. The second-order valence-corrected chi connectivity index (χ2v) is 7.41. The zero-order valence-electron chi connectivity index (χ0n) is 12.5. The highest BCUT2D eigenvalue weighted by molar-refractivity contribution is 7.98. The number of hydrogen-bond acceptors (Lipinski definition) is 5. The Morgan fingerprint density at radius 2 is 2.00 bits per heavy atom. The lowest BCUT2D eigenvalue weighted by Gasteiger charge is -2.34. The van der Waals surface area contributed by atoms with Crippen LogP contribution in [0.15, 0.2) is 0 Å². The molecule has 2 heterocycles. The van der Waals surface area contributed by atoms with Gasteiger partial charge in [-0.25, -0.2) is 4.98 Å². The lowest BCUT2D eigenvalue weighted by atomic mass is 10.2. The van der Waals surface area contributed by atoms with E-state index in [0.29, 0.717) is 6.42 Å². The predicted octanol–water partition coefficient (Wildman–Crippen LogP) is 1.81. The lowest BCUT2D eigenvalue weighted by molar-refractivity contribution is -0.132. The second kappa shape index (κ2) is 7.43. The first kappa shape index (κ1) is 15.8. The van der Waals surface area contributed by atoms with E-state index in [0.717, 1.165) is 48.3 Å². The van der Waals surface area contributed by atoms with Gasteiger partial charge in [-0.15, -0.1) is 11.3 Å². The number of thioether (sulfide) groups is 1. The summed E-state index contributed by atoms with van der Waals surface area (Å²) in [6, 6.07) is 0. The molecule has 0 radical (unpaired) electrons. The maximum atomic E-state index is 12.3. The standard InChI is InChI=1S/C14H23N3OS2/c1-11-13(20-12(2)15-11)10-14(18)17-6-4-16(5-7-17)8-9-19-3/h4-10H2,1-3H3. The molecule has 0 unspecified atom stereocenters. The van der Waals surface area contributed by atoms with Gasteiger partial charge in [0.05, 0.1) is 17.1 Å². The molecule has 0 saturated carbocycles. The van der Waals surface area contributed by atoms with Crippen LogP contribution in [0.25, 0.3) is 0 Å². The molecule has 0 atom stereocenters. The monoisotopic (exact) mass is 313 g/mol. The van der Waals surface area contributed by atoms with Gasteiger partial charge in [0.25, 0.3) is 0 Å². The molecule has 1 aromatic rings. The van der Waals surface area contributed by atoms with Crippen LogP contribution in [-0.4, -0.2) is 65.4 Å². The molecule has 0 spiro atoms. The van der Waals surface area contributed by atoms with Gasteiger partial charge in [-0.1, -0.05) is 0 Å². The summed E-state index contributed by atoms with van der Waals surface area (Å²) in [6.07, 6.45) is 2.65. The van der Waals surface area contributed by atoms with Gasteiger partial charge in [-0.2, -0.15) is 11.8 Å². The number of amides is 1. The van der Waals surface area contributed by atoms with Gasteiger partial charge >= 0.3 is 0 Å². The molecule has 1 aliphatic rings. The second-order valence-electron chi connectivity index (χ2n) is 5.13. The van der Waals surface area contributed by atoms with Crippen molar-refractivity contribution in [2.45, 2.75) is 20.3 Å². The fourth-order valence-electron chi connectivity index (χ4n) is 2.43. The average molecular weight is 313 g/mol. The fourth-order valence-corrected chi connectivity index (χ4v) is 3.80. The Labute approximate surface area is 129 Å². The summed E-state index contributed by atoms with van der Waals surface area (Å²) in [5.41, 5.74) is 1.01. The van der Waals surface area contributed by atoms with E-state index in [9.17, 15) is 4.79 Å². The van der Waals surface area contributed by atoms with Crippen LogP contribution in [0.3, 0.4) is 0 Å². The maximum absolute atomic E-state index is 12.3. The SMILES string of the molecule is CSCCN1CCN(C(=O)Cc2sc(C)nc2C)CC1. The van der Waals surface area contributed by atoms with Crippen molar-refractivity contribution in [3.63, 3.8) is 0 Å². The van der Waals surface area contributed by atoms with E-state index in [1.165, 1.54) is 5.75 Å². The van der Waals surface area contributed by atoms with Crippen LogP contribution in [-0.2, 0) is 11.2 Å². The van der Waals surface area contributed by atoms with E-state index in [4.69, 9.17) is 0 Å². The van der Waals surface area contributed by atoms with Gasteiger partial charge in [0.2, 0.25) is 5.91 Å². The number of hydrogen-bond donors (Lipinski definition) is 0. The Morgan fingerprint density at radius 1 is 1.30 bits per heavy atom. The molecule has 1 aromatic heterocycles. The Kier molecular flexibility index (Phi) is 5.86. The summed E-state index contributed by atoms with van der Waals surface area (Å²) in [5.74, 6) is 1.43. The Morgan fingerprint density at radius 3 is 2.55 bits per heavy atom. The first-order chi connectivity index (χ1) is 9.60. The molecule has 20 heavy (non-hydrogen) atoms. The minimum atomic E-state index is 0.251. The van der Waals surface area contributed by atoms with E-state index in [-0.39, 0.29) is 5.91 Å². The Bertz CT molecular complexity index is 453. The molecule has 0 aromatic carbocycles. The third kappa shape index (κ3) is 4.20. The first-order valence-electron chi connectivity index (χ1n) is 7.02. The number of carbonyl (C=O) groups is 1. The zero-order chi connectivity index (χ0) is 14.5. The molecule has 0 aliphatic carbocycles. The third-order valence-corrected chi connectivity index (χ3v) is 5.31. The summed E-state index contributed by atoms with van der Waals surface area (Å²) in [7, 11) is 0. The number of rotatable bonds is 5. The van der Waals surface area contributed by atoms with Crippen molar-refractivity contribution < 1.29 is 4.79 Å². The zero-order valence-corrected chi connectivity index (χ0v) is 14.1. The van der Waals surface area contributed by atoms with Crippen molar-refractivity contribution in [1.82, 2.24) is 14.8 Å². The molecule has 1 fully saturated rings. The lowest BCUT2D eigenvalue weighted by Crippen LogP contribution is -2.49. The number of thiazole rings is 1. The van der Waals surface area contributed by atoms with Crippen molar-refractivity contribution in [3.05, 3.63) is 15.6 Å². The molecule has 1 aliphatic heterocycles. The van der Waals surface area contributed by atoms with E-state index in [2.05, 4.69) is 16.1 Å². The van der Waals surface area contributed by atoms with Crippen LogP contribution >= 0.6 is 23.1 Å². The van der Waals surface area contributed by atoms with Crippen molar-refractivity contribution in [1.29, 1.82) is 0 Å². The van der Waals surface area contributed by atoms with Crippen molar-refractivity contribution in [2.24, 2.45) is 0 Å². The third-order valence-electron chi connectivity index (χ3n) is 3.65. The normalized spacial score (nSPS) is 16.6. The topological polar surface area (TPSA) is 36.4 Å². The molecule has 6 heteroatoms. The number of aromatic nitrogens is 1. The molecule has 4 nitrogen and oxygen atoms in total. The molecule has 112 valence electrons. The van der Waals surface area contributed by atoms with E-state index >= 15 is 0 Å². The molecular weight excluding hydrogens is 290 g/mol. The van der Waals surface area contributed by atoms with E-state index < -0.39 is 0 Å². The average Bonchev–Trinajstić information content (AvgIpc) is 2.75. The van der Waals surface area contributed by atoms with Crippen LogP contribution in [0, 0.1) is 13.8 Å². The summed E-state index contributed by atoms with van der Waals surface area (Å²) in [6.45, 7) is 8.87. The van der Waals surface area contributed by atoms with Crippen LogP contribution in [0.1, 0.15) is 15.6 Å². The summed E-state index contributed by atoms with van der Waals surface area (Å²) in [4.78, 5) is 22.3. The van der Waals surface area contributed by atoms with Crippen molar-refractivity contribution in [2.75, 3.05) is 44.7 Å². The molecule has 0 N–H and O–H groups in total. The summed E-state index contributed by atoms with van der Waals surface area (Å²) < 4.78 is 0. The summed E-state index contributed by atoms with van der Waals surface area (Å²) >= 11 is 3.53. The van der Waals surface area contributed by atoms with E-state index in [1.54, 1.807) is 11.3 Å². The van der Waals surface area contributed by atoms with Crippen LogP contribution in [0.4, 0.5) is 0 Å². The fraction of sp³-hybridized carbons (Fsp3) is 0.714. The highest BCUT2D eigenvalue weighted by Crippen LogP contribution is 2.18. The summed E-state index contributed by atoms with van der Waals surface area (Å²) in [5, 5.41) is 1.05. The molecule has 2 rings (SSSR count).